The third-order valence-electron chi connectivity index (χ3n) is 4.21. The molecule has 0 amide bonds. The Morgan fingerprint density at radius 2 is 1.76 bits per heavy atom. The SMILES string of the molecule is CCCCCCCCC1CCC(OC)C(N)C1. The van der Waals surface area contributed by atoms with E-state index in [1.165, 1.54) is 57.8 Å². The van der Waals surface area contributed by atoms with Crippen molar-refractivity contribution in [3.63, 3.8) is 0 Å². The first-order valence-electron chi connectivity index (χ1n) is 7.56. The third kappa shape index (κ3) is 5.87. The van der Waals surface area contributed by atoms with Crippen molar-refractivity contribution < 1.29 is 4.74 Å². The van der Waals surface area contributed by atoms with Gasteiger partial charge in [0.25, 0.3) is 0 Å². The highest BCUT2D eigenvalue weighted by Gasteiger charge is 2.27. The molecule has 1 aliphatic carbocycles. The Hall–Kier alpha value is -0.0800. The number of ether oxygens (including phenoxy) is 1. The predicted molar refractivity (Wildman–Crippen MR) is 74.1 cm³/mol. The van der Waals surface area contributed by atoms with Crippen LogP contribution in [0.2, 0.25) is 0 Å². The molecule has 2 nitrogen and oxygen atoms in total. The van der Waals surface area contributed by atoms with Crippen molar-refractivity contribution in [3.8, 4) is 0 Å². The van der Waals surface area contributed by atoms with Gasteiger partial charge in [-0.25, -0.2) is 0 Å². The second kappa shape index (κ2) is 8.93. The summed E-state index contributed by atoms with van der Waals surface area (Å²) in [5.74, 6) is 0.863. The van der Waals surface area contributed by atoms with E-state index in [0.717, 1.165) is 12.3 Å². The number of rotatable bonds is 8. The standard InChI is InChI=1S/C15H31NO/c1-3-4-5-6-7-8-9-13-10-11-15(17-2)14(16)12-13/h13-15H,3-12,16H2,1-2H3. The summed E-state index contributed by atoms with van der Waals surface area (Å²) < 4.78 is 5.40. The molecule has 0 bridgehead atoms. The molecular formula is C15H31NO. The molecular weight excluding hydrogens is 210 g/mol. The summed E-state index contributed by atoms with van der Waals surface area (Å²) >= 11 is 0. The van der Waals surface area contributed by atoms with Gasteiger partial charge in [0.2, 0.25) is 0 Å². The Balaban J connectivity index is 2.01. The normalized spacial score (nSPS) is 29.5. The molecule has 1 saturated carbocycles. The maximum Gasteiger partial charge on any atom is 0.0722 e. The molecule has 0 aromatic carbocycles. The second-order valence-electron chi connectivity index (χ2n) is 5.67. The van der Waals surface area contributed by atoms with Gasteiger partial charge in [0, 0.05) is 13.2 Å². The Morgan fingerprint density at radius 1 is 1.06 bits per heavy atom. The maximum atomic E-state index is 6.12. The minimum absolute atomic E-state index is 0.277. The minimum atomic E-state index is 0.277. The van der Waals surface area contributed by atoms with Gasteiger partial charge in [0.15, 0.2) is 0 Å². The van der Waals surface area contributed by atoms with Crippen LogP contribution >= 0.6 is 0 Å². The van der Waals surface area contributed by atoms with Crippen LogP contribution in [-0.2, 0) is 4.74 Å². The molecule has 102 valence electrons. The lowest BCUT2D eigenvalue weighted by Gasteiger charge is -2.33. The molecule has 2 heteroatoms. The van der Waals surface area contributed by atoms with Crippen LogP contribution in [0.3, 0.4) is 0 Å². The molecule has 3 atom stereocenters. The summed E-state index contributed by atoms with van der Waals surface area (Å²) in [5.41, 5.74) is 6.12. The molecule has 0 spiro atoms. The number of hydrogen-bond donors (Lipinski definition) is 1. The van der Waals surface area contributed by atoms with Crippen molar-refractivity contribution in [2.45, 2.75) is 83.3 Å². The average molecular weight is 241 g/mol. The highest BCUT2D eigenvalue weighted by Crippen LogP contribution is 2.29. The van der Waals surface area contributed by atoms with Crippen LogP contribution in [0.1, 0.15) is 71.1 Å². The van der Waals surface area contributed by atoms with Crippen LogP contribution in [0.4, 0.5) is 0 Å². The Bertz CT molecular complexity index is 184. The fourth-order valence-electron chi connectivity index (χ4n) is 3.04. The summed E-state index contributed by atoms with van der Waals surface area (Å²) in [6.45, 7) is 2.27. The lowest BCUT2D eigenvalue weighted by molar-refractivity contribution is 0.0382. The van der Waals surface area contributed by atoms with Gasteiger partial charge in [-0.15, -0.1) is 0 Å². The van der Waals surface area contributed by atoms with Crippen LogP contribution in [0.15, 0.2) is 0 Å². The highest BCUT2D eigenvalue weighted by atomic mass is 16.5. The smallest absolute Gasteiger partial charge is 0.0722 e. The van der Waals surface area contributed by atoms with Crippen molar-refractivity contribution in [1.82, 2.24) is 0 Å². The van der Waals surface area contributed by atoms with Crippen LogP contribution < -0.4 is 5.73 Å². The summed E-state index contributed by atoms with van der Waals surface area (Å²) in [6.07, 6.45) is 13.8. The minimum Gasteiger partial charge on any atom is -0.380 e. The van der Waals surface area contributed by atoms with Crippen molar-refractivity contribution in [2.24, 2.45) is 11.7 Å². The van der Waals surface area contributed by atoms with E-state index in [9.17, 15) is 0 Å². The number of unbranched alkanes of at least 4 members (excludes halogenated alkanes) is 5. The summed E-state index contributed by atoms with van der Waals surface area (Å²) in [4.78, 5) is 0. The van der Waals surface area contributed by atoms with Crippen LogP contribution in [-0.4, -0.2) is 19.3 Å². The summed E-state index contributed by atoms with van der Waals surface area (Å²) in [6, 6.07) is 0.277. The summed E-state index contributed by atoms with van der Waals surface area (Å²) in [5, 5.41) is 0. The van der Waals surface area contributed by atoms with E-state index in [-0.39, 0.29) is 6.04 Å². The lowest BCUT2D eigenvalue weighted by Crippen LogP contribution is -2.41. The fraction of sp³-hybridized carbons (Fsp3) is 1.00. The Kier molecular flexibility index (Phi) is 7.87. The zero-order valence-electron chi connectivity index (χ0n) is 11.8. The van der Waals surface area contributed by atoms with Gasteiger partial charge >= 0.3 is 0 Å². The lowest BCUT2D eigenvalue weighted by atomic mass is 9.81. The van der Waals surface area contributed by atoms with Crippen LogP contribution in [0, 0.1) is 5.92 Å². The van der Waals surface area contributed by atoms with E-state index in [1.54, 1.807) is 7.11 Å². The largest absolute Gasteiger partial charge is 0.380 e. The number of nitrogens with two attached hydrogens (primary N) is 1. The van der Waals surface area contributed by atoms with Gasteiger partial charge in [0.05, 0.1) is 6.10 Å². The van der Waals surface area contributed by atoms with Gasteiger partial charge in [-0.2, -0.15) is 0 Å². The van der Waals surface area contributed by atoms with E-state index >= 15 is 0 Å². The van der Waals surface area contributed by atoms with Crippen molar-refractivity contribution >= 4 is 0 Å². The molecule has 1 rings (SSSR count). The van der Waals surface area contributed by atoms with E-state index < -0.39 is 0 Å². The van der Waals surface area contributed by atoms with E-state index in [1.807, 2.05) is 0 Å². The molecule has 2 N–H and O–H groups in total. The average Bonchev–Trinajstić information content (AvgIpc) is 2.34. The van der Waals surface area contributed by atoms with Crippen molar-refractivity contribution in [3.05, 3.63) is 0 Å². The van der Waals surface area contributed by atoms with Crippen molar-refractivity contribution in [1.29, 1.82) is 0 Å². The van der Waals surface area contributed by atoms with E-state index in [0.29, 0.717) is 6.10 Å². The monoisotopic (exact) mass is 241 g/mol. The van der Waals surface area contributed by atoms with Gasteiger partial charge in [-0.05, 0) is 25.2 Å². The zero-order chi connectivity index (χ0) is 12.5. The van der Waals surface area contributed by atoms with Crippen molar-refractivity contribution in [2.75, 3.05) is 7.11 Å². The number of hydrogen-bond acceptors (Lipinski definition) is 2. The molecule has 0 aliphatic heterocycles. The molecule has 1 fully saturated rings. The first-order valence-corrected chi connectivity index (χ1v) is 7.56. The molecule has 17 heavy (non-hydrogen) atoms. The molecule has 3 unspecified atom stereocenters. The van der Waals surface area contributed by atoms with E-state index in [2.05, 4.69) is 6.92 Å². The van der Waals surface area contributed by atoms with Crippen LogP contribution in [0.5, 0.6) is 0 Å². The topological polar surface area (TPSA) is 35.2 Å². The maximum absolute atomic E-state index is 6.12. The highest BCUT2D eigenvalue weighted by molar-refractivity contribution is 4.83. The quantitative estimate of drug-likeness (QED) is 0.655. The van der Waals surface area contributed by atoms with Gasteiger partial charge < -0.3 is 10.5 Å². The Labute approximate surface area is 107 Å². The first kappa shape index (κ1) is 15.0. The predicted octanol–water partition coefficient (Wildman–Crippen LogP) is 3.88. The summed E-state index contributed by atoms with van der Waals surface area (Å²) in [7, 11) is 1.79. The molecule has 1 aliphatic rings. The van der Waals surface area contributed by atoms with Gasteiger partial charge in [-0.1, -0.05) is 51.9 Å². The molecule has 0 heterocycles. The zero-order valence-corrected chi connectivity index (χ0v) is 11.8. The second-order valence-corrected chi connectivity index (χ2v) is 5.67. The number of methoxy groups -OCH3 is 1. The molecule has 0 aromatic heterocycles. The van der Waals surface area contributed by atoms with Gasteiger partial charge in [0.1, 0.15) is 0 Å². The Morgan fingerprint density at radius 3 is 2.41 bits per heavy atom. The first-order chi connectivity index (χ1) is 8.27. The van der Waals surface area contributed by atoms with Crippen LogP contribution in [0.25, 0.3) is 0 Å². The molecule has 0 aromatic rings. The van der Waals surface area contributed by atoms with Gasteiger partial charge in [-0.3, -0.25) is 0 Å². The fourth-order valence-corrected chi connectivity index (χ4v) is 3.04. The molecule has 0 saturated heterocycles. The molecule has 0 radical (unpaired) electrons. The third-order valence-corrected chi connectivity index (χ3v) is 4.21. The van der Waals surface area contributed by atoms with E-state index in [4.69, 9.17) is 10.5 Å².